The van der Waals surface area contributed by atoms with Gasteiger partial charge in [0.15, 0.2) is 11.8 Å². The Morgan fingerprint density at radius 3 is 2.12 bits per heavy atom. The Hall–Kier alpha value is -1.60. The number of fused-ring (bicyclic) bond motifs is 1. The third-order valence-corrected chi connectivity index (χ3v) is 7.23. The summed E-state index contributed by atoms with van der Waals surface area (Å²) in [5.41, 5.74) is 0.555. The van der Waals surface area contributed by atoms with Crippen molar-refractivity contribution in [3.8, 4) is 0 Å². The molecule has 1 aliphatic carbocycles. The molecule has 0 heterocycles. The van der Waals surface area contributed by atoms with Crippen molar-refractivity contribution in [2.45, 2.75) is 92.0 Å². The fourth-order valence-corrected chi connectivity index (χ4v) is 5.52. The molecule has 4 atom stereocenters. The molecule has 0 saturated heterocycles. The van der Waals surface area contributed by atoms with Crippen molar-refractivity contribution in [2.75, 3.05) is 0 Å². The molecule has 0 N–H and O–H groups in total. The minimum atomic E-state index is -0.948. The second-order valence-corrected chi connectivity index (χ2v) is 10.8. The summed E-state index contributed by atoms with van der Waals surface area (Å²) < 4.78 is 6.21. The molecule has 34 heavy (non-hydrogen) atoms. The van der Waals surface area contributed by atoms with Crippen LogP contribution in [0.4, 0.5) is 0 Å². The third-order valence-electron chi connectivity index (χ3n) is 7.23. The SMILES string of the molecule is CC1CCC(C(C)C)C(OC(=O)C(C(=O)c2ccc3ccccc3c2)N(C(C)C)C(C)C)C1.[LiH]. The molecule has 0 radical (unpaired) electrons. The normalized spacial score (nSPS) is 21.7. The van der Waals surface area contributed by atoms with Gasteiger partial charge in [-0.2, -0.15) is 0 Å². The first-order chi connectivity index (χ1) is 15.6. The van der Waals surface area contributed by atoms with Crippen LogP contribution in [-0.4, -0.2) is 59.7 Å². The first-order valence-electron chi connectivity index (χ1n) is 12.6. The van der Waals surface area contributed by atoms with E-state index in [-0.39, 0.29) is 42.8 Å². The summed E-state index contributed by atoms with van der Waals surface area (Å²) in [4.78, 5) is 29.6. The van der Waals surface area contributed by atoms with Crippen molar-refractivity contribution in [1.29, 1.82) is 0 Å². The van der Waals surface area contributed by atoms with Crippen molar-refractivity contribution in [2.24, 2.45) is 17.8 Å². The first kappa shape index (κ1) is 28.6. The second-order valence-electron chi connectivity index (χ2n) is 10.8. The summed E-state index contributed by atoms with van der Waals surface area (Å²) in [6, 6.07) is 12.8. The average molecular weight is 460 g/mol. The summed E-state index contributed by atoms with van der Waals surface area (Å²) in [7, 11) is 0. The third kappa shape index (κ3) is 6.54. The van der Waals surface area contributed by atoms with E-state index in [0.29, 0.717) is 23.3 Å². The topological polar surface area (TPSA) is 46.6 Å². The number of hydrogen-bond acceptors (Lipinski definition) is 4. The average Bonchev–Trinajstić information content (AvgIpc) is 2.75. The van der Waals surface area contributed by atoms with Crippen molar-refractivity contribution >= 4 is 41.4 Å². The van der Waals surface area contributed by atoms with Gasteiger partial charge in [0.2, 0.25) is 0 Å². The van der Waals surface area contributed by atoms with Crippen LogP contribution in [0.2, 0.25) is 0 Å². The van der Waals surface area contributed by atoms with E-state index in [4.69, 9.17) is 4.74 Å². The summed E-state index contributed by atoms with van der Waals surface area (Å²) in [6.45, 7) is 14.8. The Balaban J connectivity index is 0.00000408. The van der Waals surface area contributed by atoms with E-state index in [1.807, 2.05) is 75.1 Å². The molecule has 0 amide bonds. The molecule has 1 aliphatic rings. The van der Waals surface area contributed by atoms with E-state index in [2.05, 4.69) is 20.8 Å². The van der Waals surface area contributed by atoms with Crippen LogP contribution in [0.25, 0.3) is 10.8 Å². The van der Waals surface area contributed by atoms with Crippen molar-refractivity contribution < 1.29 is 14.3 Å². The van der Waals surface area contributed by atoms with Gasteiger partial charge in [-0.1, -0.05) is 63.6 Å². The van der Waals surface area contributed by atoms with E-state index >= 15 is 0 Å². The first-order valence-corrected chi connectivity index (χ1v) is 12.6. The number of ketones is 1. The van der Waals surface area contributed by atoms with Crippen molar-refractivity contribution in [3.05, 3.63) is 48.0 Å². The van der Waals surface area contributed by atoms with Gasteiger partial charge < -0.3 is 4.74 Å². The number of nitrogens with zero attached hydrogens (tertiary/aromatic N) is 1. The van der Waals surface area contributed by atoms with Crippen LogP contribution in [0.3, 0.4) is 0 Å². The molecule has 5 heteroatoms. The Morgan fingerprint density at radius 1 is 0.912 bits per heavy atom. The fraction of sp³-hybridized carbons (Fsp3) is 0.586. The molecule has 1 fully saturated rings. The quantitative estimate of drug-likeness (QED) is 0.215. The Labute approximate surface area is 218 Å². The van der Waals surface area contributed by atoms with Crippen LogP contribution >= 0.6 is 0 Å². The molecule has 4 unspecified atom stereocenters. The van der Waals surface area contributed by atoms with Crippen LogP contribution in [0.15, 0.2) is 42.5 Å². The zero-order valence-electron chi connectivity index (χ0n) is 21.4. The monoisotopic (exact) mass is 459 g/mol. The van der Waals surface area contributed by atoms with Gasteiger partial charge in [0.25, 0.3) is 0 Å². The number of carbonyl (C=O) groups excluding carboxylic acids is 2. The fourth-order valence-electron chi connectivity index (χ4n) is 5.52. The molecule has 2 aromatic carbocycles. The molecule has 0 aromatic heterocycles. The molecule has 4 nitrogen and oxygen atoms in total. The zero-order chi connectivity index (χ0) is 24.3. The summed E-state index contributed by atoms with van der Waals surface area (Å²) in [5, 5.41) is 2.07. The van der Waals surface area contributed by atoms with Crippen LogP contribution in [0.1, 0.15) is 78.1 Å². The van der Waals surface area contributed by atoms with E-state index in [9.17, 15) is 9.59 Å². The van der Waals surface area contributed by atoms with Gasteiger partial charge >= 0.3 is 24.8 Å². The van der Waals surface area contributed by atoms with E-state index in [1.54, 1.807) is 0 Å². The number of esters is 1. The molecular formula is C29H42LiNO3. The maximum atomic E-state index is 13.9. The van der Waals surface area contributed by atoms with Gasteiger partial charge in [0.1, 0.15) is 6.10 Å². The van der Waals surface area contributed by atoms with Gasteiger partial charge in [0.05, 0.1) is 0 Å². The molecular weight excluding hydrogens is 417 g/mol. The van der Waals surface area contributed by atoms with Crippen molar-refractivity contribution in [3.63, 3.8) is 0 Å². The second kappa shape index (κ2) is 12.4. The predicted octanol–water partition coefficient (Wildman–Crippen LogP) is 5.87. The van der Waals surface area contributed by atoms with Crippen LogP contribution in [0, 0.1) is 17.8 Å². The Kier molecular flexibility index (Phi) is 10.4. The van der Waals surface area contributed by atoms with Gasteiger partial charge in [-0.15, -0.1) is 0 Å². The van der Waals surface area contributed by atoms with E-state index in [0.717, 1.165) is 23.6 Å². The number of hydrogen-bond donors (Lipinski definition) is 0. The van der Waals surface area contributed by atoms with Gasteiger partial charge in [-0.25, -0.2) is 4.79 Å². The van der Waals surface area contributed by atoms with Crippen molar-refractivity contribution in [1.82, 2.24) is 4.90 Å². The summed E-state index contributed by atoms with van der Waals surface area (Å²) in [5.74, 6) is 0.724. The molecule has 0 aliphatic heterocycles. The number of carbonyl (C=O) groups is 2. The van der Waals surface area contributed by atoms with Crippen LogP contribution in [0.5, 0.6) is 0 Å². The summed E-state index contributed by atoms with van der Waals surface area (Å²) in [6.07, 6.45) is 2.97. The number of ether oxygens (including phenoxy) is 1. The molecule has 2 aromatic rings. The van der Waals surface area contributed by atoms with Crippen LogP contribution < -0.4 is 0 Å². The predicted molar refractivity (Wildman–Crippen MR) is 143 cm³/mol. The van der Waals surface area contributed by atoms with Crippen LogP contribution in [-0.2, 0) is 9.53 Å². The molecule has 1 saturated carbocycles. The number of benzene rings is 2. The zero-order valence-corrected chi connectivity index (χ0v) is 21.4. The van der Waals surface area contributed by atoms with Gasteiger partial charge in [0, 0.05) is 17.6 Å². The molecule has 0 spiro atoms. The standard InChI is InChI=1S/C29H41NO3.Li.H/c1-18(2)25-15-12-21(7)16-26(25)33-29(32)27(30(19(3)4)20(5)6)28(31)24-14-13-22-10-8-9-11-23(22)17-24;;/h8-11,13-14,17-21,25-27H,12,15-16H2,1-7H3;;. The van der Waals surface area contributed by atoms with E-state index < -0.39 is 12.0 Å². The number of Topliss-reactive ketones (excluding diaryl/α,β-unsaturated/α-hetero) is 1. The molecule has 0 bridgehead atoms. The Morgan fingerprint density at radius 2 is 1.53 bits per heavy atom. The molecule has 3 rings (SSSR count). The van der Waals surface area contributed by atoms with Gasteiger partial charge in [-0.3, -0.25) is 9.69 Å². The Bertz CT molecular complexity index is 963. The van der Waals surface area contributed by atoms with E-state index in [1.165, 1.54) is 6.42 Å². The minimum absolute atomic E-state index is 0. The molecule has 182 valence electrons. The maximum absolute atomic E-state index is 13.9. The number of rotatable bonds is 8. The summed E-state index contributed by atoms with van der Waals surface area (Å²) >= 11 is 0. The van der Waals surface area contributed by atoms with Gasteiger partial charge in [-0.05, 0) is 75.1 Å².